The number of nitrogens with zero attached hydrogens (tertiary/aromatic N) is 2. The Hall–Kier alpha value is -6.45. The fourth-order valence-electron chi connectivity index (χ4n) is 6.75. The lowest BCUT2D eigenvalue weighted by Gasteiger charge is -2.28. The van der Waals surface area contributed by atoms with E-state index >= 15 is 0 Å². The number of para-hydroxylation sites is 1. The number of hydrogen-bond donors (Lipinski definition) is 0. The quantitative estimate of drug-likeness (QED) is 0.187. The van der Waals surface area contributed by atoms with Crippen LogP contribution in [0.2, 0.25) is 0 Å². The second-order valence-corrected chi connectivity index (χ2v) is 12.0. The van der Waals surface area contributed by atoms with Crippen LogP contribution >= 0.6 is 0 Å². The monoisotopic (exact) mass is 614 g/mol. The predicted octanol–water partition coefficient (Wildman–Crippen LogP) is 12.6. The van der Waals surface area contributed by atoms with Gasteiger partial charge in [-0.1, -0.05) is 146 Å². The Morgan fingerprint density at radius 1 is 0.438 bits per heavy atom. The van der Waals surface area contributed by atoms with Crippen LogP contribution in [0.4, 0.5) is 17.1 Å². The number of fused-ring (bicyclic) bond motifs is 5. The molecule has 3 heteroatoms. The van der Waals surface area contributed by atoms with E-state index in [4.69, 9.17) is 9.40 Å². The first-order valence-electron chi connectivity index (χ1n) is 16.2. The van der Waals surface area contributed by atoms with E-state index in [1.807, 2.05) is 6.20 Å². The zero-order chi connectivity index (χ0) is 31.9. The van der Waals surface area contributed by atoms with E-state index in [1.54, 1.807) is 0 Å². The van der Waals surface area contributed by atoms with E-state index in [0.717, 1.165) is 72.2 Å². The van der Waals surface area contributed by atoms with Gasteiger partial charge in [-0.05, 0) is 57.5 Å². The topological polar surface area (TPSA) is 29.3 Å². The molecule has 48 heavy (non-hydrogen) atoms. The van der Waals surface area contributed by atoms with Gasteiger partial charge in [-0.2, -0.15) is 0 Å². The Bertz CT molecular complexity index is 2550. The lowest BCUT2D eigenvalue weighted by Crippen LogP contribution is -2.11. The Labute approximate surface area is 279 Å². The minimum atomic E-state index is 0.758. The Kier molecular flexibility index (Phi) is 6.80. The third-order valence-electron chi connectivity index (χ3n) is 9.10. The Morgan fingerprint density at radius 3 is 1.90 bits per heavy atom. The van der Waals surface area contributed by atoms with Crippen LogP contribution in [0.1, 0.15) is 0 Å². The summed E-state index contributed by atoms with van der Waals surface area (Å²) in [4.78, 5) is 7.33. The molecule has 2 aromatic heterocycles. The molecular weight excluding hydrogens is 585 g/mol. The average Bonchev–Trinajstić information content (AvgIpc) is 3.55. The fourth-order valence-corrected chi connectivity index (χ4v) is 6.75. The van der Waals surface area contributed by atoms with Gasteiger partial charge < -0.3 is 9.32 Å². The molecule has 9 aromatic rings. The molecule has 0 saturated heterocycles. The molecule has 0 aliphatic carbocycles. The van der Waals surface area contributed by atoms with Gasteiger partial charge in [0.05, 0.1) is 17.6 Å². The second kappa shape index (κ2) is 11.7. The van der Waals surface area contributed by atoms with Crippen molar-refractivity contribution in [3.05, 3.63) is 182 Å². The highest BCUT2D eigenvalue weighted by Gasteiger charge is 2.20. The number of benzene rings is 7. The van der Waals surface area contributed by atoms with Gasteiger partial charge in [0.15, 0.2) is 5.58 Å². The van der Waals surface area contributed by atoms with E-state index in [2.05, 4.69) is 181 Å². The minimum Gasteiger partial charge on any atom is -0.454 e. The number of hydrogen-bond acceptors (Lipinski definition) is 3. The zero-order valence-corrected chi connectivity index (χ0v) is 26.1. The summed E-state index contributed by atoms with van der Waals surface area (Å²) in [5.41, 5.74) is 12.5. The van der Waals surface area contributed by atoms with Gasteiger partial charge in [-0.25, -0.2) is 4.98 Å². The molecule has 0 spiro atoms. The lowest BCUT2D eigenvalue weighted by molar-refractivity contribution is 0.672. The van der Waals surface area contributed by atoms with Gasteiger partial charge in [0.25, 0.3) is 0 Å². The molecule has 0 aliphatic rings. The molecule has 0 radical (unpaired) electrons. The van der Waals surface area contributed by atoms with Crippen LogP contribution in [-0.2, 0) is 0 Å². The molecule has 0 aliphatic heterocycles. The first kappa shape index (κ1) is 27.8. The van der Waals surface area contributed by atoms with Crippen molar-refractivity contribution in [1.29, 1.82) is 0 Å². The Morgan fingerprint density at radius 2 is 1.08 bits per heavy atom. The maximum Gasteiger partial charge on any atom is 0.155 e. The molecule has 0 N–H and O–H groups in total. The van der Waals surface area contributed by atoms with Gasteiger partial charge in [0, 0.05) is 28.1 Å². The van der Waals surface area contributed by atoms with Crippen molar-refractivity contribution in [1.82, 2.24) is 4.98 Å². The third-order valence-corrected chi connectivity index (χ3v) is 9.10. The summed E-state index contributed by atoms with van der Waals surface area (Å²) in [6.07, 6.45) is 1.97. The molecule has 0 unspecified atom stereocenters. The standard InChI is InChI=1S/C45H30N2O/c1-3-12-31(13-4-1)32-22-24-33(25-23-32)36-17-11-18-37(28-36)47(42-21-10-9-19-39(42)34-14-5-2-6-15-34)38-29-43-44(46-30-38)41-27-26-35-16-7-8-20-40(35)45(41)48-43/h1-30H. The van der Waals surface area contributed by atoms with Crippen molar-refractivity contribution in [2.24, 2.45) is 0 Å². The average molecular weight is 615 g/mol. The maximum atomic E-state index is 6.59. The van der Waals surface area contributed by atoms with Gasteiger partial charge in [0.2, 0.25) is 0 Å². The summed E-state index contributed by atoms with van der Waals surface area (Å²) < 4.78 is 6.59. The molecule has 7 aromatic carbocycles. The SMILES string of the molecule is c1ccc(-c2ccc(-c3cccc(N(c4cnc5c(c4)oc4c6ccccc6ccc54)c4ccccc4-c4ccccc4)c3)cc2)cc1. The molecule has 226 valence electrons. The Balaban J connectivity index is 1.21. The smallest absolute Gasteiger partial charge is 0.155 e. The summed E-state index contributed by atoms with van der Waals surface area (Å²) in [7, 11) is 0. The van der Waals surface area contributed by atoms with Crippen LogP contribution < -0.4 is 4.90 Å². The van der Waals surface area contributed by atoms with Crippen LogP contribution in [0.5, 0.6) is 0 Å². The molecule has 9 rings (SSSR count). The van der Waals surface area contributed by atoms with Crippen molar-refractivity contribution in [3.8, 4) is 33.4 Å². The van der Waals surface area contributed by atoms with E-state index in [0.29, 0.717) is 0 Å². The van der Waals surface area contributed by atoms with E-state index in [-0.39, 0.29) is 0 Å². The summed E-state index contributed by atoms with van der Waals surface area (Å²) in [5, 5.41) is 3.26. The molecule has 3 nitrogen and oxygen atoms in total. The molecule has 0 saturated carbocycles. The molecule has 0 atom stereocenters. The van der Waals surface area contributed by atoms with Crippen molar-refractivity contribution >= 4 is 49.9 Å². The number of pyridine rings is 1. The van der Waals surface area contributed by atoms with Crippen LogP contribution in [0.3, 0.4) is 0 Å². The summed E-state index contributed by atoms with van der Waals surface area (Å²) in [6.45, 7) is 0. The predicted molar refractivity (Wildman–Crippen MR) is 200 cm³/mol. The van der Waals surface area contributed by atoms with Crippen LogP contribution in [0.25, 0.3) is 66.2 Å². The number of furan rings is 1. The number of anilines is 3. The summed E-state index contributed by atoms with van der Waals surface area (Å²) in [5.74, 6) is 0. The van der Waals surface area contributed by atoms with Crippen molar-refractivity contribution < 1.29 is 4.42 Å². The number of aromatic nitrogens is 1. The third kappa shape index (κ3) is 4.90. The molecular formula is C45H30N2O. The van der Waals surface area contributed by atoms with E-state index in [1.165, 1.54) is 11.1 Å². The van der Waals surface area contributed by atoms with Crippen LogP contribution in [-0.4, -0.2) is 4.98 Å². The molecule has 0 amide bonds. The van der Waals surface area contributed by atoms with Crippen molar-refractivity contribution in [2.75, 3.05) is 4.90 Å². The highest BCUT2D eigenvalue weighted by molar-refractivity contribution is 6.14. The van der Waals surface area contributed by atoms with Crippen LogP contribution in [0, 0.1) is 0 Å². The van der Waals surface area contributed by atoms with E-state index < -0.39 is 0 Å². The van der Waals surface area contributed by atoms with E-state index in [9.17, 15) is 0 Å². The molecule has 0 bridgehead atoms. The maximum absolute atomic E-state index is 6.59. The molecule has 2 heterocycles. The minimum absolute atomic E-state index is 0.758. The second-order valence-electron chi connectivity index (χ2n) is 12.0. The highest BCUT2D eigenvalue weighted by Crippen LogP contribution is 2.43. The first-order chi connectivity index (χ1) is 23.8. The first-order valence-corrected chi connectivity index (χ1v) is 16.2. The highest BCUT2D eigenvalue weighted by atomic mass is 16.3. The normalized spacial score (nSPS) is 11.3. The fraction of sp³-hybridized carbons (Fsp3) is 0. The van der Waals surface area contributed by atoms with Crippen molar-refractivity contribution in [3.63, 3.8) is 0 Å². The van der Waals surface area contributed by atoms with Crippen LogP contribution in [0.15, 0.2) is 187 Å². The molecule has 0 fully saturated rings. The van der Waals surface area contributed by atoms with Gasteiger partial charge in [-0.3, -0.25) is 0 Å². The largest absolute Gasteiger partial charge is 0.454 e. The summed E-state index contributed by atoms with van der Waals surface area (Å²) >= 11 is 0. The van der Waals surface area contributed by atoms with Crippen molar-refractivity contribution in [2.45, 2.75) is 0 Å². The van der Waals surface area contributed by atoms with Gasteiger partial charge in [-0.15, -0.1) is 0 Å². The number of rotatable bonds is 6. The van der Waals surface area contributed by atoms with Gasteiger partial charge >= 0.3 is 0 Å². The lowest BCUT2D eigenvalue weighted by atomic mass is 9.99. The van der Waals surface area contributed by atoms with Gasteiger partial charge in [0.1, 0.15) is 11.1 Å². The zero-order valence-electron chi connectivity index (χ0n) is 26.1. The summed E-state index contributed by atoms with van der Waals surface area (Å²) in [6, 6.07) is 61.9.